The van der Waals surface area contributed by atoms with Crippen molar-refractivity contribution in [1.82, 2.24) is 4.90 Å². The van der Waals surface area contributed by atoms with Crippen LogP contribution >= 0.6 is 0 Å². The number of ether oxygens (including phenoxy) is 2. The van der Waals surface area contributed by atoms with E-state index in [0.29, 0.717) is 17.0 Å². The Morgan fingerprint density at radius 3 is 2.45 bits per heavy atom. The molecule has 0 saturated heterocycles. The van der Waals surface area contributed by atoms with Gasteiger partial charge in [-0.2, -0.15) is 0 Å². The van der Waals surface area contributed by atoms with E-state index in [0.717, 1.165) is 11.1 Å². The SMILES string of the molecule is COc1ccccc1C1CC(=O)N(Cc2ccc([N+](=O)[O-])cc2)C(C)=C1C(=O)OCC(C)C. The van der Waals surface area contributed by atoms with Crippen LogP contribution in [-0.4, -0.2) is 35.4 Å². The fourth-order valence-corrected chi connectivity index (χ4v) is 3.91. The van der Waals surface area contributed by atoms with Crippen molar-refractivity contribution in [3.8, 4) is 5.75 Å². The number of nitrogens with zero attached hydrogens (tertiary/aromatic N) is 2. The van der Waals surface area contributed by atoms with Gasteiger partial charge in [-0.25, -0.2) is 4.79 Å². The molecule has 2 aromatic rings. The number of benzene rings is 2. The van der Waals surface area contributed by atoms with Gasteiger partial charge in [0.1, 0.15) is 5.75 Å². The summed E-state index contributed by atoms with van der Waals surface area (Å²) in [5.74, 6) is -0.344. The first-order valence-electron chi connectivity index (χ1n) is 10.8. The van der Waals surface area contributed by atoms with Crippen LogP contribution in [0.5, 0.6) is 5.75 Å². The zero-order chi connectivity index (χ0) is 24.1. The molecule has 0 spiro atoms. The number of allylic oxidation sites excluding steroid dienone is 1. The Balaban J connectivity index is 2.01. The number of hydrogen-bond acceptors (Lipinski definition) is 6. The van der Waals surface area contributed by atoms with Crippen LogP contribution in [0, 0.1) is 16.0 Å². The molecular formula is C25H28N2O6. The molecule has 0 saturated carbocycles. The number of amides is 1. The molecule has 33 heavy (non-hydrogen) atoms. The van der Waals surface area contributed by atoms with Crippen molar-refractivity contribution in [3.05, 3.63) is 81.0 Å². The molecule has 1 heterocycles. The molecule has 0 radical (unpaired) electrons. The molecule has 1 atom stereocenters. The fraction of sp³-hybridized carbons (Fsp3) is 0.360. The second-order valence-electron chi connectivity index (χ2n) is 8.39. The minimum Gasteiger partial charge on any atom is -0.496 e. The molecule has 8 nitrogen and oxygen atoms in total. The molecule has 2 aromatic carbocycles. The van der Waals surface area contributed by atoms with Gasteiger partial charge in [-0.05, 0) is 24.5 Å². The molecule has 0 bridgehead atoms. The number of hydrogen-bond donors (Lipinski definition) is 0. The second-order valence-corrected chi connectivity index (χ2v) is 8.39. The Labute approximate surface area is 193 Å². The van der Waals surface area contributed by atoms with E-state index >= 15 is 0 Å². The summed E-state index contributed by atoms with van der Waals surface area (Å²) in [7, 11) is 1.55. The third-order valence-electron chi connectivity index (χ3n) is 5.59. The van der Waals surface area contributed by atoms with Crippen molar-refractivity contribution >= 4 is 17.6 Å². The van der Waals surface area contributed by atoms with Gasteiger partial charge in [0, 0.05) is 35.7 Å². The summed E-state index contributed by atoms with van der Waals surface area (Å²) in [5.41, 5.74) is 2.37. The maximum Gasteiger partial charge on any atom is 0.336 e. The summed E-state index contributed by atoms with van der Waals surface area (Å²) in [6.07, 6.45) is 0.0802. The topological polar surface area (TPSA) is 99.0 Å². The zero-order valence-corrected chi connectivity index (χ0v) is 19.2. The normalized spacial score (nSPS) is 16.2. The standard InChI is InChI=1S/C25H28N2O6/c1-16(2)15-33-25(29)24-17(3)26(14-18-9-11-19(12-10-18)27(30)31)23(28)13-21(24)20-7-5-6-8-22(20)32-4/h5-12,16,21H,13-15H2,1-4H3. The van der Waals surface area contributed by atoms with Crippen LogP contribution in [0.3, 0.4) is 0 Å². The zero-order valence-electron chi connectivity index (χ0n) is 19.2. The monoisotopic (exact) mass is 452 g/mol. The van der Waals surface area contributed by atoms with Gasteiger partial charge in [0.05, 0.1) is 30.8 Å². The molecule has 3 rings (SSSR count). The molecule has 0 fully saturated rings. The van der Waals surface area contributed by atoms with E-state index in [1.807, 2.05) is 32.0 Å². The molecule has 0 aromatic heterocycles. The first kappa shape index (κ1) is 24.0. The van der Waals surface area contributed by atoms with Gasteiger partial charge >= 0.3 is 5.97 Å². The number of esters is 1. The average molecular weight is 453 g/mol. The first-order chi connectivity index (χ1) is 15.7. The Hall–Kier alpha value is -3.68. The van der Waals surface area contributed by atoms with Crippen molar-refractivity contribution in [2.45, 2.75) is 39.7 Å². The van der Waals surface area contributed by atoms with Gasteiger partial charge in [0.15, 0.2) is 0 Å². The summed E-state index contributed by atoms with van der Waals surface area (Å²) in [6.45, 7) is 6.11. The van der Waals surface area contributed by atoms with Gasteiger partial charge in [0.2, 0.25) is 5.91 Å². The lowest BCUT2D eigenvalue weighted by atomic mass is 9.83. The third-order valence-corrected chi connectivity index (χ3v) is 5.59. The number of nitro benzene ring substituents is 1. The summed E-state index contributed by atoms with van der Waals surface area (Å²) >= 11 is 0. The second kappa shape index (κ2) is 10.3. The minimum atomic E-state index is -0.499. The number of methoxy groups -OCH3 is 1. The van der Waals surface area contributed by atoms with E-state index < -0.39 is 16.8 Å². The van der Waals surface area contributed by atoms with Gasteiger partial charge in [-0.3, -0.25) is 14.9 Å². The van der Waals surface area contributed by atoms with Gasteiger partial charge in [-0.1, -0.05) is 44.2 Å². The Kier molecular flexibility index (Phi) is 7.48. The maximum absolute atomic E-state index is 13.2. The van der Waals surface area contributed by atoms with Crippen molar-refractivity contribution in [2.75, 3.05) is 13.7 Å². The van der Waals surface area contributed by atoms with Crippen molar-refractivity contribution in [1.29, 1.82) is 0 Å². The molecule has 0 N–H and O–H groups in total. The van der Waals surface area contributed by atoms with Crippen LogP contribution in [0.2, 0.25) is 0 Å². The number of para-hydroxylation sites is 1. The van der Waals surface area contributed by atoms with Crippen molar-refractivity contribution in [2.24, 2.45) is 5.92 Å². The summed E-state index contributed by atoms with van der Waals surface area (Å²) in [6, 6.07) is 13.4. The maximum atomic E-state index is 13.2. The average Bonchev–Trinajstić information content (AvgIpc) is 2.80. The molecule has 1 aliphatic rings. The lowest BCUT2D eigenvalue weighted by Gasteiger charge is -2.35. The predicted octanol–water partition coefficient (Wildman–Crippen LogP) is 4.59. The Morgan fingerprint density at radius 1 is 1.18 bits per heavy atom. The van der Waals surface area contributed by atoms with E-state index in [2.05, 4.69) is 0 Å². The van der Waals surface area contributed by atoms with Gasteiger partial charge in [-0.15, -0.1) is 0 Å². The first-order valence-corrected chi connectivity index (χ1v) is 10.8. The molecule has 1 amide bonds. The van der Waals surface area contributed by atoms with E-state index in [4.69, 9.17) is 9.47 Å². The number of nitro groups is 1. The third kappa shape index (κ3) is 5.39. The quantitative estimate of drug-likeness (QED) is 0.330. The summed E-state index contributed by atoms with van der Waals surface area (Å²) < 4.78 is 11.1. The van der Waals surface area contributed by atoms with Crippen LogP contribution in [-0.2, 0) is 20.9 Å². The van der Waals surface area contributed by atoms with Crippen molar-refractivity contribution < 1.29 is 24.0 Å². The van der Waals surface area contributed by atoms with E-state index in [1.54, 1.807) is 37.1 Å². The Morgan fingerprint density at radius 2 is 1.85 bits per heavy atom. The van der Waals surface area contributed by atoms with Crippen LogP contribution in [0.25, 0.3) is 0 Å². The van der Waals surface area contributed by atoms with Crippen LogP contribution in [0.1, 0.15) is 44.2 Å². The highest BCUT2D eigenvalue weighted by Gasteiger charge is 2.38. The lowest BCUT2D eigenvalue weighted by Crippen LogP contribution is -2.38. The smallest absolute Gasteiger partial charge is 0.336 e. The molecule has 174 valence electrons. The molecule has 1 aliphatic heterocycles. The number of carbonyl (C=O) groups is 2. The fourth-order valence-electron chi connectivity index (χ4n) is 3.91. The Bertz CT molecular complexity index is 1070. The molecule has 1 unspecified atom stereocenters. The minimum absolute atomic E-state index is 0.0230. The lowest BCUT2D eigenvalue weighted by molar-refractivity contribution is -0.384. The van der Waals surface area contributed by atoms with E-state index in [9.17, 15) is 19.7 Å². The summed E-state index contributed by atoms with van der Waals surface area (Å²) in [5, 5.41) is 10.9. The predicted molar refractivity (Wildman–Crippen MR) is 122 cm³/mol. The summed E-state index contributed by atoms with van der Waals surface area (Å²) in [4.78, 5) is 38.4. The highest BCUT2D eigenvalue weighted by Crippen LogP contribution is 2.41. The highest BCUT2D eigenvalue weighted by molar-refractivity contribution is 5.96. The van der Waals surface area contributed by atoms with Gasteiger partial charge < -0.3 is 14.4 Å². The van der Waals surface area contributed by atoms with Crippen LogP contribution in [0.4, 0.5) is 5.69 Å². The molecular weight excluding hydrogens is 424 g/mol. The number of rotatable bonds is 8. The van der Waals surface area contributed by atoms with Crippen LogP contribution in [0.15, 0.2) is 59.8 Å². The van der Waals surface area contributed by atoms with Gasteiger partial charge in [0.25, 0.3) is 5.69 Å². The molecule has 8 heteroatoms. The van der Waals surface area contributed by atoms with E-state index in [1.165, 1.54) is 12.1 Å². The van der Waals surface area contributed by atoms with Crippen LogP contribution < -0.4 is 4.74 Å². The molecule has 0 aliphatic carbocycles. The highest BCUT2D eigenvalue weighted by atomic mass is 16.6. The number of carbonyl (C=O) groups excluding carboxylic acids is 2. The number of non-ortho nitro benzene ring substituents is 1. The van der Waals surface area contributed by atoms with Crippen molar-refractivity contribution in [3.63, 3.8) is 0 Å². The largest absolute Gasteiger partial charge is 0.496 e. The van der Waals surface area contributed by atoms with E-state index in [-0.39, 0.29) is 37.1 Å².